The second-order valence-electron chi connectivity index (χ2n) is 3.36. The van der Waals surface area contributed by atoms with Crippen molar-refractivity contribution in [3.63, 3.8) is 0 Å². The van der Waals surface area contributed by atoms with E-state index >= 15 is 0 Å². The molecule has 0 bridgehead atoms. The molecule has 1 aromatic heterocycles. The van der Waals surface area contributed by atoms with Gasteiger partial charge in [0.25, 0.3) is 0 Å². The molecule has 16 heavy (non-hydrogen) atoms. The highest BCUT2D eigenvalue weighted by molar-refractivity contribution is 5.36. The molecule has 4 heteroatoms. The van der Waals surface area contributed by atoms with Gasteiger partial charge in [0.05, 0.1) is 0 Å². The van der Waals surface area contributed by atoms with Crippen LogP contribution in [-0.4, -0.2) is 10.2 Å². The van der Waals surface area contributed by atoms with Crippen molar-refractivity contribution in [3.05, 3.63) is 42.0 Å². The Balaban J connectivity index is 2.23. The van der Waals surface area contributed by atoms with Gasteiger partial charge in [-0.1, -0.05) is 25.1 Å². The SMILES string of the molecule is CCc1ccccc1Oc1ccc(N)nn1. The minimum absolute atomic E-state index is 0.385. The lowest BCUT2D eigenvalue weighted by atomic mass is 10.1. The first-order valence-corrected chi connectivity index (χ1v) is 5.14. The number of anilines is 1. The minimum Gasteiger partial charge on any atom is -0.437 e. The summed E-state index contributed by atoms with van der Waals surface area (Å²) in [5.74, 6) is 1.65. The van der Waals surface area contributed by atoms with Gasteiger partial charge in [0.15, 0.2) is 0 Å². The summed E-state index contributed by atoms with van der Waals surface area (Å²) in [6.45, 7) is 2.08. The molecule has 2 rings (SSSR count). The summed E-state index contributed by atoms with van der Waals surface area (Å²) in [4.78, 5) is 0. The summed E-state index contributed by atoms with van der Waals surface area (Å²) in [6.07, 6.45) is 0.915. The monoisotopic (exact) mass is 215 g/mol. The third-order valence-corrected chi connectivity index (χ3v) is 2.23. The third-order valence-electron chi connectivity index (χ3n) is 2.23. The van der Waals surface area contributed by atoms with Crippen LogP contribution in [-0.2, 0) is 6.42 Å². The number of aromatic nitrogens is 2. The number of rotatable bonds is 3. The van der Waals surface area contributed by atoms with Crippen molar-refractivity contribution in [1.82, 2.24) is 10.2 Å². The number of ether oxygens (including phenoxy) is 1. The van der Waals surface area contributed by atoms with Crippen LogP contribution in [0, 0.1) is 0 Å². The largest absolute Gasteiger partial charge is 0.437 e. The molecule has 0 saturated carbocycles. The van der Waals surface area contributed by atoms with Gasteiger partial charge in [-0.15, -0.1) is 10.2 Å². The lowest BCUT2D eigenvalue weighted by molar-refractivity contribution is 0.450. The van der Waals surface area contributed by atoms with E-state index in [1.54, 1.807) is 12.1 Å². The maximum Gasteiger partial charge on any atom is 0.239 e. The van der Waals surface area contributed by atoms with Crippen LogP contribution in [0.2, 0.25) is 0 Å². The zero-order valence-corrected chi connectivity index (χ0v) is 9.05. The number of nitrogen functional groups attached to an aromatic ring is 1. The van der Waals surface area contributed by atoms with Gasteiger partial charge in [-0.05, 0) is 24.1 Å². The molecule has 0 fully saturated rings. The van der Waals surface area contributed by atoms with E-state index in [2.05, 4.69) is 17.1 Å². The Morgan fingerprint density at radius 1 is 1.12 bits per heavy atom. The standard InChI is InChI=1S/C12H13N3O/c1-2-9-5-3-4-6-10(9)16-12-8-7-11(13)14-15-12/h3-8H,2H2,1H3,(H2,13,14). The van der Waals surface area contributed by atoms with E-state index in [0.29, 0.717) is 11.7 Å². The molecule has 82 valence electrons. The van der Waals surface area contributed by atoms with Gasteiger partial charge in [-0.2, -0.15) is 0 Å². The number of aryl methyl sites for hydroxylation is 1. The normalized spacial score (nSPS) is 10.1. The van der Waals surface area contributed by atoms with Gasteiger partial charge in [-0.25, -0.2) is 0 Å². The van der Waals surface area contributed by atoms with Gasteiger partial charge in [0, 0.05) is 6.07 Å². The highest BCUT2D eigenvalue weighted by Gasteiger charge is 2.03. The van der Waals surface area contributed by atoms with Gasteiger partial charge in [-0.3, -0.25) is 0 Å². The number of benzene rings is 1. The Labute approximate surface area is 94.1 Å². The molecule has 0 amide bonds. The summed E-state index contributed by atoms with van der Waals surface area (Å²) in [7, 11) is 0. The third kappa shape index (κ3) is 2.28. The fourth-order valence-corrected chi connectivity index (χ4v) is 1.39. The molecular formula is C12H13N3O. The first-order chi connectivity index (χ1) is 7.79. The Hall–Kier alpha value is -2.10. The van der Waals surface area contributed by atoms with Gasteiger partial charge < -0.3 is 10.5 Å². The lowest BCUT2D eigenvalue weighted by Gasteiger charge is -2.08. The number of hydrogen-bond donors (Lipinski definition) is 1. The van der Waals surface area contributed by atoms with Crippen LogP contribution < -0.4 is 10.5 Å². The van der Waals surface area contributed by atoms with Crippen LogP contribution in [0.1, 0.15) is 12.5 Å². The summed E-state index contributed by atoms with van der Waals surface area (Å²) in [6, 6.07) is 11.2. The predicted octanol–water partition coefficient (Wildman–Crippen LogP) is 2.41. The van der Waals surface area contributed by atoms with Crippen molar-refractivity contribution in [1.29, 1.82) is 0 Å². The topological polar surface area (TPSA) is 61.0 Å². The van der Waals surface area contributed by atoms with E-state index in [1.807, 2.05) is 24.3 Å². The molecule has 0 radical (unpaired) electrons. The van der Waals surface area contributed by atoms with Crippen LogP contribution in [0.15, 0.2) is 36.4 Å². The molecule has 0 aliphatic rings. The fourth-order valence-electron chi connectivity index (χ4n) is 1.39. The second-order valence-corrected chi connectivity index (χ2v) is 3.36. The smallest absolute Gasteiger partial charge is 0.239 e. The Kier molecular flexibility index (Phi) is 3.00. The molecule has 0 aliphatic heterocycles. The van der Waals surface area contributed by atoms with Crippen molar-refractivity contribution < 1.29 is 4.74 Å². The molecule has 0 atom stereocenters. The lowest BCUT2D eigenvalue weighted by Crippen LogP contribution is -1.96. The van der Waals surface area contributed by atoms with Crippen molar-refractivity contribution in [2.75, 3.05) is 5.73 Å². The molecule has 1 heterocycles. The Bertz CT molecular complexity index is 468. The molecule has 4 nitrogen and oxygen atoms in total. The van der Waals surface area contributed by atoms with E-state index in [-0.39, 0.29) is 0 Å². The highest BCUT2D eigenvalue weighted by atomic mass is 16.5. The zero-order valence-electron chi connectivity index (χ0n) is 9.05. The number of nitrogens with two attached hydrogens (primary N) is 1. The van der Waals surface area contributed by atoms with Gasteiger partial charge >= 0.3 is 0 Å². The second kappa shape index (κ2) is 4.61. The summed E-state index contributed by atoms with van der Waals surface area (Å²) in [5, 5.41) is 7.59. The molecule has 2 N–H and O–H groups in total. The molecule has 0 saturated heterocycles. The van der Waals surface area contributed by atoms with Crippen molar-refractivity contribution in [2.45, 2.75) is 13.3 Å². The average molecular weight is 215 g/mol. The number of nitrogens with zero attached hydrogens (tertiary/aromatic N) is 2. The van der Waals surface area contributed by atoms with E-state index in [0.717, 1.165) is 17.7 Å². The molecule has 1 aromatic carbocycles. The molecular weight excluding hydrogens is 202 g/mol. The molecule has 2 aromatic rings. The van der Waals surface area contributed by atoms with E-state index in [9.17, 15) is 0 Å². The number of para-hydroxylation sites is 1. The van der Waals surface area contributed by atoms with Crippen molar-refractivity contribution >= 4 is 5.82 Å². The first kappa shape index (κ1) is 10.4. The predicted molar refractivity (Wildman–Crippen MR) is 62.3 cm³/mol. The molecule has 0 spiro atoms. The molecule has 0 unspecified atom stereocenters. The first-order valence-electron chi connectivity index (χ1n) is 5.14. The quantitative estimate of drug-likeness (QED) is 0.854. The summed E-state index contributed by atoms with van der Waals surface area (Å²) < 4.78 is 5.63. The maximum absolute atomic E-state index is 5.63. The number of hydrogen-bond acceptors (Lipinski definition) is 4. The maximum atomic E-state index is 5.63. The van der Waals surface area contributed by atoms with Crippen LogP contribution in [0.3, 0.4) is 0 Å². The van der Waals surface area contributed by atoms with Crippen LogP contribution in [0.25, 0.3) is 0 Å². The highest BCUT2D eigenvalue weighted by Crippen LogP contribution is 2.23. The van der Waals surface area contributed by atoms with E-state index in [1.165, 1.54) is 0 Å². The van der Waals surface area contributed by atoms with Crippen LogP contribution in [0.5, 0.6) is 11.6 Å². The fraction of sp³-hybridized carbons (Fsp3) is 0.167. The van der Waals surface area contributed by atoms with E-state index < -0.39 is 0 Å². The van der Waals surface area contributed by atoms with Crippen LogP contribution >= 0.6 is 0 Å². The zero-order chi connectivity index (χ0) is 11.4. The average Bonchev–Trinajstić information content (AvgIpc) is 2.33. The van der Waals surface area contributed by atoms with Crippen LogP contribution in [0.4, 0.5) is 5.82 Å². The Morgan fingerprint density at radius 3 is 2.62 bits per heavy atom. The molecule has 0 aliphatic carbocycles. The van der Waals surface area contributed by atoms with Gasteiger partial charge in [0.2, 0.25) is 5.88 Å². The Morgan fingerprint density at radius 2 is 1.94 bits per heavy atom. The minimum atomic E-state index is 0.385. The van der Waals surface area contributed by atoms with Crippen molar-refractivity contribution in [2.24, 2.45) is 0 Å². The summed E-state index contributed by atoms with van der Waals surface area (Å²) >= 11 is 0. The summed E-state index contributed by atoms with van der Waals surface area (Å²) in [5.41, 5.74) is 6.59. The van der Waals surface area contributed by atoms with Gasteiger partial charge in [0.1, 0.15) is 11.6 Å². The van der Waals surface area contributed by atoms with E-state index in [4.69, 9.17) is 10.5 Å². The van der Waals surface area contributed by atoms with Crippen molar-refractivity contribution in [3.8, 4) is 11.6 Å².